The molecule has 0 aliphatic carbocycles. The van der Waals surface area contributed by atoms with E-state index in [1.54, 1.807) is 6.92 Å². The van der Waals surface area contributed by atoms with Crippen LogP contribution in [0.15, 0.2) is 0 Å². The summed E-state index contributed by atoms with van der Waals surface area (Å²) in [5.41, 5.74) is 0.293. The Balaban J connectivity index is 2.35. The summed E-state index contributed by atoms with van der Waals surface area (Å²) in [6, 6.07) is 0. The Kier molecular flexibility index (Phi) is 3.71. The lowest BCUT2D eigenvalue weighted by molar-refractivity contribution is -0.118. The average molecular weight is 197 g/mol. The topological polar surface area (TPSA) is 20.3 Å². The quantitative estimate of drug-likeness (QED) is 0.678. The van der Waals surface area contributed by atoms with Crippen molar-refractivity contribution in [1.29, 1.82) is 0 Å². The Morgan fingerprint density at radius 1 is 1.29 bits per heavy atom. The van der Waals surface area contributed by atoms with Crippen LogP contribution in [0.4, 0.5) is 0 Å². The van der Waals surface area contributed by atoms with E-state index in [0.29, 0.717) is 17.2 Å². The Labute approximate surface area is 87.7 Å². The van der Waals surface area contributed by atoms with E-state index in [9.17, 15) is 4.79 Å². The van der Waals surface area contributed by atoms with Gasteiger partial charge < -0.3 is 4.79 Å². The summed E-state index contributed by atoms with van der Waals surface area (Å²) >= 11 is 0. The molecule has 0 amide bonds. The van der Waals surface area contributed by atoms with Crippen molar-refractivity contribution >= 4 is 5.78 Å². The molecule has 2 heteroatoms. The molecule has 1 aliphatic heterocycles. The molecular weight excluding hydrogens is 174 g/mol. The molecule has 0 aromatic rings. The van der Waals surface area contributed by atoms with Crippen LogP contribution in [0.5, 0.6) is 0 Å². The molecular formula is C12H23NO. The summed E-state index contributed by atoms with van der Waals surface area (Å²) < 4.78 is 0. The number of nitrogens with zero attached hydrogens (tertiary/aromatic N) is 1. The first kappa shape index (κ1) is 11.7. The molecule has 2 nitrogen and oxygen atoms in total. The molecule has 0 bridgehead atoms. The number of ketones is 1. The van der Waals surface area contributed by atoms with Crippen LogP contribution < -0.4 is 0 Å². The summed E-state index contributed by atoms with van der Waals surface area (Å²) in [4.78, 5) is 13.5. The van der Waals surface area contributed by atoms with Gasteiger partial charge in [0.05, 0.1) is 0 Å². The number of carbonyl (C=O) groups is 1. The van der Waals surface area contributed by atoms with E-state index >= 15 is 0 Å². The van der Waals surface area contributed by atoms with Crippen LogP contribution in [0.3, 0.4) is 0 Å². The molecule has 0 spiro atoms. The summed E-state index contributed by atoms with van der Waals surface area (Å²) in [5.74, 6) is 0.991. The smallest absolute Gasteiger partial charge is 0.130 e. The lowest BCUT2D eigenvalue weighted by atomic mass is 9.90. The first-order valence-electron chi connectivity index (χ1n) is 5.64. The zero-order chi connectivity index (χ0) is 10.8. The Morgan fingerprint density at radius 2 is 1.79 bits per heavy atom. The molecule has 1 rings (SSSR count). The van der Waals surface area contributed by atoms with Crippen LogP contribution in [0.1, 0.15) is 47.0 Å². The van der Waals surface area contributed by atoms with E-state index in [4.69, 9.17) is 0 Å². The molecule has 1 saturated heterocycles. The number of piperidine rings is 1. The third-order valence-corrected chi connectivity index (χ3v) is 3.14. The monoisotopic (exact) mass is 197 g/mol. The van der Waals surface area contributed by atoms with Crippen LogP contribution in [-0.2, 0) is 4.79 Å². The molecule has 1 aliphatic rings. The van der Waals surface area contributed by atoms with Crippen molar-refractivity contribution in [1.82, 2.24) is 4.90 Å². The maximum atomic E-state index is 11.0. The SMILES string of the molecule is CC(=O)CC1CCN(C(C)(C)C)CC1. The maximum Gasteiger partial charge on any atom is 0.130 e. The molecule has 82 valence electrons. The largest absolute Gasteiger partial charge is 0.300 e. The fraction of sp³-hybridized carbons (Fsp3) is 0.917. The molecule has 0 N–H and O–H groups in total. The van der Waals surface area contributed by atoms with E-state index in [2.05, 4.69) is 25.7 Å². The lowest BCUT2D eigenvalue weighted by Gasteiger charge is -2.40. The molecule has 1 heterocycles. The summed E-state index contributed by atoms with van der Waals surface area (Å²) in [7, 11) is 0. The van der Waals surface area contributed by atoms with Crippen LogP contribution >= 0.6 is 0 Å². The van der Waals surface area contributed by atoms with Gasteiger partial charge in [-0.15, -0.1) is 0 Å². The van der Waals surface area contributed by atoms with Crippen LogP contribution in [-0.4, -0.2) is 29.3 Å². The fourth-order valence-electron chi connectivity index (χ4n) is 2.21. The highest BCUT2D eigenvalue weighted by Gasteiger charge is 2.27. The average Bonchev–Trinajstić information content (AvgIpc) is 2.02. The van der Waals surface area contributed by atoms with E-state index < -0.39 is 0 Å². The molecule has 0 atom stereocenters. The minimum atomic E-state index is 0.293. The van der Waals surface area contributed by atoms with Crippen molar-refractivity contribution in [2.45, 2.75) is 52.5 Å². The predicted molar refractivity (Wildman–Crippen MR) is 59.3 cm³/mol. The van der Waals surface area contributed by atoms with E-state index in [-0.39, 0.29) is 0 Å². The third kappa shape index (κ3) is 3.41. The van der Waals surface area contributed by atoms with Gasteiger partial charge in [0.15, 0.2) is 0 Å². The van der Waals surface area contributed by atoms with E-state index in [0.717, 1.165) is 19.5 Å². The van der Waals surface area contributed by atoms with Gasteiger partial charge in [0.25, 0.3) is 0 Å². The Bertz CT molecular complexity index is 197. The minimum absolute atomic E-state index is 0.293. The first-order valence-corrected chi connectivity index (χ1v) is 5.64. The van der Waals surface area contributed by atoms with E-state index in [1.165, 1.54) is 12.8 Å². The van der Waals surface area contributed by atoms with Gasteiger partial charge in [-0.3, -0.25) is 4.90 Å². The van der Waals surface area contributed by atoms with Crippen molar-refractivity contribution in [2.24, 2.45) is 5.92 Å². The van der Waals surface area contributed by atoms with Crippen molar-refractivity contribution in [3.63, 3.8) is 0 Å². The maximum absolute atomic E-state index is 11.0. The van der Waals surface area contributed by atoms with Gasteiger partial charge in [-0.2, -0.15) is 0 Å². The number of likely N-dealkylation sites (tertiary alicyclic amines) is 1. The van der Waals surface area contributed by atoms with Crippen molar-refractivity contribution in [3.8, 4) is 0 Å². The van der Waals surface area contributed by atoms with E-state index in [1.807, 2.05) is 0 Å². The van der Waals surface area contributed by atoms with Crippen molar-refractivity contribution in [3.05, 3.63) is 0 Å². The molecule has 14 heavy (non-hydrogen) atoms. The normalized spacial score (nSPS) is 21.1. The van der Waals surface area contributed by atoms with Gasteiger partial charge in [0, 0.05) is 12.0 Å². The number of carbonyl (C=O) groups excluding carboxylic acids is 1. The van der Waals surface area contributed by atoms with Gasteiger partial charge in [-0.1, -0.05) is 0 Å². The van der Waals surface area contributed by atoms with Crippen LogP contribution in [0, 0.1) is 5.92 Å². The van der Waals surface area contributed by atoms with Gasteiger partial charge in [0.2, 0.25) is 0 Å². The zero-order valence-electron chi connectivity index (χ0n) is 9.97. The van der Waals surface area contributed by atoms with Crippen LogP contribution in [0.25, 0.3) is 0 Å². The first-order chi connectivity index (χ1) is 6.39. The lowest BCUT2D eigenvalue weighted by Crippen LogP contribution is -2.46. The highest BCUT2D eigenvalue weighted by atomic mass is 16.1. The van der Waals surface area contributed by atoms with Gasteiger partial charge >= 0.3 is 0 Å². The van der Waals surface area contributed by atoms with Gasteiger partial charge in [-0.25, -0.2) is 0 Å². The number of hydrogen-bond donors (Lipinski definition) is 0. The summed E-state index contributed by atoms with van der Waals surface area (Å²) in [5, 5.41) is 0. The zero-order valence-corrected chi connectivity index (χ0v) is 9.97. The minimum Gasteiger partial charge on any atom is -0.300 e. The van der Waals surface area contributed by atoms with Gasteiger partial charge in [0.1, 0.15) is 5.78 Å². The molecule has 0 aromatic heterocycles. The number of rotatable bonds is 2. The standard InChI is InChI=1S/C12H23NO/c1-10(14)9-11-5-7-13(8-6-11)12(2,3)4/h11H,5-9H2,1-4H3. The summed E-state index contributed by atoms with van der Waals surface area (Å²) in [6.07, 6.45) is 3.17. The molecule has 1 fully saturated rings. The number of Topliss-reactive ketones (excluding diaryl/α,β-unsaturated/α-hetero) is 1. The van der Waals surface area contributed by atoms with Crippen LogP contribution in [0.2, 0.25) is 0 Å². The second-order valence-electron chi connectivity index (χ2n) is 5.51. The molecule has 0 aromatic carbocycles. The Morgan fingerprint density at radius 3 is 2.14 bits per heavy atom. The third-order valence-electron chi connectivity index (χ3n) is 3.14. The van der Waals surface area contributed by atoms with Crippen molar-refractivity contribution < 1.29 is 4.79 Å². The van der Waals surface area contributed by atoms with Crippen molar-refractivity contribution in [2.75, 3.05) is 13.1 Å². The molecule has 0 saturated carbocycles. The predicted octanol–water partition coefficient (Wildman–Crippen LogP) is 2.48. The summed E-state index contributed by atoms with van der Waals surface area (Å²) in [6.45, 7) is 10.8. The Hall–Kier alpha value is -0.370. The second-order valence-corrected chi connectivity index (χ2v) is 5.51. The van der Waals surface area contributed by atoms with Gasteiger partial charge in [-0.05, 0) is 59.5 Å². The number of hydrogen-bond acceptors (Lipinski definition) is 2. The fourth-order valence-corrected chi connectivity index (χ4v) is 2.21. The highest BCUT2D eigenvalue weighted by molar-refractivity contribution is 5.75. The highest BCUT2D eigenvalue weighted by Crippen LogP contribution is 2.25. The molecule has 0 radical (unpaired) electrons. The second kappa shape index (κ2) is 4.43. The molecule has 0 unspecified atom stereocenters.